The number of anilines is 1. The van der Waals surface area contributed by atoms with E-state index in [9.17, 15) is 14.4 Å². The van der Waals surface area contributed by atoms with Gasteiger partial charge in [0.25, 0.3) is 11.8 Å². The smallest absolute Gasteiger partial charge is 0.273 e. The molecule has 1 fully saturated rings. The van der Waals surface area contributed by atoms with Crippen LogP contribution >= 0.6 is 46.4 Å². The van der Waals surface area contributed by atoms with Crippen LogP contribution in [0, 0.1) is 0 Å². The Bertz CT molecular complexity index is 1340. The summed E-state index contributed by atoms with van der Waals surface area (Å²) in [4.78, 5) is 38.6. The quantitative estimate of drug-likeness (QED) is 0.313. The van der Waals surface area contributed by atoms with E-state index in [1.54, 1.807) is 24.3 Å². The number of barbiturate groups is 1. The van der Waals surface area contributed by atoms with Crippen LogP contribution in [0.5, 0.6) is 0 Å². The van der Waals surface area contributed by atoms with Crippen molar-refractivity contribution >= 4 is 76.0 Å². The van der Waals surface area contributed by atoms with Crippen molar-refractivity contribution in [3.63, 3.8) is 0 Å². The second-order valence-corrected chi connectivity index (χ2v) is 8.80. The number of nitrogens with one attached hydrogen (secondary N) is 1. The summed E-state index contributed by atoms with van der Waals surface area (Å²) in [5, 5.41) is 3.68. The Morgan fingerprint density at radius 1 is 0.758 bits per heavy atom. The molecule has 0 atom stereocenters. The van der Waals surface area contributed by atoms with Crippen LogP contribution in [0.1, 0.15) is 16.7 Å². The molecule has 33 heavy (non-hydrogen) atoms. The largest absolute Gasteiger partial charge is 0.335 e. The van der Waals surface area contributed by atoms with E-state index >= 15 is 0 Å². The summed E-state index contributed by atoms with van der Waals surface area (Å²) in [7, 11) is 0. The number of carbonyl (C=O) groups is 3. The van der Waals surface area contributed by atoms with Crippen molar-refractivity contribution in [2.75, 3.05) is 4.90 Å². The van der Waals surface area contributed by atoms with Crippen molar-refractivity contribution in [1.82, 2.24) is 5.32 Å². The summed E-state index contributed by atoms with van der Waals surface area (Å²) < 4.78 is 0. The van der Waals surface area contributed by atoms with E-state index in [-0.39, 0.29) is 21.3 Å². The number of nitrogens with zero attached hydrogens (tertiary/aromatic N) is 1. The molecule has 0 aliphatic carbocycles. The zero-order valence-corrected chi connectivity index (χ0v) is 19.8. The van der Waals surface area contributed by atoms with Gasteiger partial charge in [-0.1, -0.05) is 76.7 Å². The summed E-state index contributed by atoms with van der Waals surface area (Å²) in [6, 6.07) is 16.0. The number of benzene rings is 3. The van der Waals surface area contributed by atoms with E-state index in [4.69, 9.17) is 46.4 Å². The monoisotopic (exact) mass is 518 g/mol. The second kappa shape index (κ2) is 9.57. The Balaban J connectivity index is 1.64. The van der Waals surface area contributed by atoms with E-state index in [2.05, 4.69) is 5.32 Å². The lowest BCUT2D eigenvalue weighted by Gasteiger charge is -2.26. The van der Waals surface area contributed by atoms with Crippen molar-refractivity contribution < 1.29 is 14.4 Å². The predicted octanol–water partition coefficient (Wildman–Crippen LogP) is 6.56. The van der Waals surface area contributed by atoms with Crippen molar-refractivity contribution in [2.45, 2.75) is 6.42 Å². The van der Waals surface area contributed by atoms with Crippen molar-refractivity contribution in [3.05, 3.63) is 103 Å². The lowest BCUT2D eigenvalue weighted by atomic mass is 10.0. The normalized spacial score (nSPS) is 15.2. The average Bonchev–Trinajstić information content (AvgIpc) is 2.76. The number of carbonyl (C=O) groups excluding carboxylic acids is 3. The Labute approximate surface area is 209 Å². The highest BCUT2D eigenvalue weighted by atomic mass is 35.5. The van der Waals surface area contributed by atoms with Gasteiger partial charge in [-0.25, -0.2) is 9.69 Å². The average molecular weight is 520 g/mol. The zero-order valence-electron chi connectivity index (χ0n) is 16.7. The van der Waals surface area contributed by atoms with Crippen LogP contribution in [-0.4, -0.2) is 17.8 Å². The number of hydrogen-bond acceptors (Lipinski definition) is 3. The van der Waals surface area contributed by atoms with Gasteiger partial charge in [-0.3, -0.25) is 14.9 Å². The Morgan fingerprint density at radius 3 is 2.18 bits per heavy atom. The van der Waals surface area contributed by atoms with E-state index in [1.807, 2.05) is 18.2 Å². The van der Waals surface area contributed by atoms with Crippen LogP contribution in [-0.2, 0) is 16.0 Å². The highest BCUT2D eigenvalue weighted by Gasteiger charge is 2.37. The molecule has 3 aromatic rings. The lowest BCUT2D eigenvalue weighted by Crippen LogP contribution is -2.54. The minimum absolute atomic E-state index is 0.165. The number of hydrogen-bond donors (Lipinski definition) is 1. The molecule has 0 aromatic heterocycles. The molecule has 0 unspecified atom stereocenters. The Hall–Kier alpha value is -2.83. The van der Waals surface area contributed by atoms with Crippen molar-refractivity contribution in [2.24, 2.45) is 0 Å². The van der Waals surface area contributed by atoms with Gasteiger partial charge in [-0.15, -0.1) is 0 Å². The molecule has 3 aromatic carbocycles. The van der Waals surface area contributed by atoms with Crippen LogP contribution in [0.2, 0.25) is 20.1 Å². The fourth-order valence-corrected chi connectivity index (χ4v) is 4.08. The first-order valence-electron chi connectivity index (χ1n) is 9.63. The molecule has 4 rings (SSSR count). The molecule has 0 saturated carbocycles. The van der Waals surface area contributed by atoms with E-state index < -0.39 is 17.8 Å². The molecule has 9 heteroatoms. The SMILES string of the molecule is O=C1NC(=O)N(c2ccc(Cl)c(Cl)c2)C(=O)/C1=C/c1ccc(Cc2ccccc2Cl)c(Cl)c1. The Kier molecular flexibility index (Phi) is 6.77. The lowest BCUT2D eigenvalue weighted by molar-refractivity contribution is -0.122. The topological polar surface area (TPSA) is 66.5 Å². The van der Waals surface area contributed by atoms with Crippen LogP contribution in [0.25, 0.3) is 6.08 Å². The van der Waals surface area contributed by atoms with E-state index in [0.717, 1.165) is 16.0 Å². The molecule has 0 radical (unpaired) electrons. The summed E-state index contributed by atoms with van der Waals surface area (Å²) in [5.74, 6) is -1.60. The maximum absolute atomic E-state index is 13.0. The molecular weight excluding hydrogens is 506 g/mol. The summed E-state index contributed by atoms with van der Waals surface area (Å²) >= 11 is 24.6. The summed E-state index contributed by atoms with van der Waals surface area (Å²) in [6.45, 7) is 0. The minimum Gasteiger partial charge on any atom is -0.273 e. The highest BCUT2D eigenvalue weighted by molar-refractivity contribution is 6.43. The van der Waals surface area contributed by atoms with Gasteiger partial charge in [0.15, 0.2) is 0 Å². The van der Waals surface area contributed by atoms with Crippen molar-refractivity contribution in [3.8, 4) is 0 Å². The fourth-order valence-electron chi connectivity index (χ4n) is 3.33. The number of imide groups is 2. The van der Waals surface area contributed by atoms with Gasteiger partial charge < -0.3 is 0 Å². The molecule has 166 valence electrons. The molecule has 1 aliphatic rings. The van der Waals surface area contributed by atoms with Gasteiger partial charge in [-0.2, -0.15) is 0 Å². The molecular formula is C24H14Cl4N2O3. The predicted molar refractivity (Wildman–Crippen MR) is 131 cm³/mol. The summed E-state index contributed by atoms with van der Waals surface area (Å²) in [5.41, 5.74) is 2.22. The number of halogens is 4. The van der Waals surface area contributed by atoms with Crippen molar-refractivity contribution in [1.29, 1.82) is 0 Å². The summed E-state index contributed by atoms with van der Waals surface area (Å²) in [6.07, 6.45) is 1.90. The molecule has 4 amide bonds. The molecule has 5 nitrogen and oxygen atoms in total. The Morgan fingerprint density at radius 2 is 1.48 bits per heavy atom. The maximum Gasteiger partial charge on any atom is 0.335 e. The zero-order chi connectivity index (χ0) is 23.7. The van der Waals surface area contributed by atoms with E-state index in [0.29, 0.717) is 22.0 Å². The molecule has 1 saturated heterocycles. The van der Waals surface area contributed by atoms with Crippen LogP contribution in [0.15, 0.2) is 66.2 Å². The minimum atomic E-state index is -0.881. The maximum atomic E-state index is 13.0. The third-order valence-corrected chi connectivity index (χ3v) is 6.45. The number of urea groups is 1. The molecule has 0 bridgehead atoms. The first-order valence-corrected chi connectivity index (χ1v) is 11.1. The highest BCUT2D eigenvalue weighted by Crippen LogP contribution is 2.30. The third-order valence-electron chi connectivity index (χ3n) is 4.99. The first kappa shape index (κ1) is 23.3. The second-order valence-electron chi connectivity index (χ2n) is 7.18. The molecule has 1 heterocycles. The number of rotatable bonds is 4. The van der Waals surface area contributed by atoms with Gasteiger partial charge >= 0.3 is 6.03 Å². The number of amides is 4. The molecule has 1 N–H and O–H groups in total. The standard InChI is InChI=1S/C24H14Cl4N2O3/c25-18-4-2-1-3-14(18)11-15-6-5-13(10-20(15)27)9-17-22(31)29-24(33)30(23(17)32)16-7-8-19(26)21(28)12-16/h1-10,12H,11H2,(H,29,31,33)/b17-9+. The fraction of sp³-hybridized carbons (Fsp3) is 0.0417. The van der Waals surface area contributed by atoms with Gasteiger partial charge in [0.2, 0.25) is 0 Å². The van der Waals surface area contributed by atoms with Gasteiger partial charge in [0.1, 0.15) is 5.57 Å². The van der Waals surface area contributed by atoms with Crippen LogP contribution in [0.4, 0.5) is 10.5 Å². The molecule has 1 aliphatic heterocycles. The van der Waals surface area contributed by atoms with Gasteiger partial charge in [0, 0.05) is 16.5 Å². The van der Waals surface area contributed by atoms with Gasteiger partial charge in [0.05, 0.1) is 15.7 Å². The third kappa shape index (κ3) is 4.92. The van der Waals surface area contributed by atoms with Gasteiger partial charge in [-0.05, 0) is 53.1 Å². The first-order chi connectivity index (χ1) is 15.7. The van der Waals surface area contributed by atoms with Crippen LogP contribution < -0.4 is 10.2 Å². The molecule has 0 spiro atoms. The van der Waals surface area contributed by atoms with E-state index in [1.165, 1.54) is 24.3 Å². The van der Waals surface area contributed by atoms with Crippen LogP contribution in [0.3, 0.4) is 0 Å².